The number of thioether (sulfide) groups is 1. The van der Waals surface area contributed by atoms with Crippen LogP contribution in [-0.4, -0.2) is 48.7 Å². The third-order valence-electron chi connectivity index (χ3n) is 3.55. The first-order valence-electron chi connectivity index (χ1n) is 6.71. The Bertz CT molecular complexity index is 685. The SMILES string of the molecule is CC(=O)CSC1=N[C@H]2CS(=O)(=O)C[C@@H]2N1c1ccccc1. The molecule has 0 saturated carbocycles. The van der Waals surface area contributed by atoms with Crippen molar-refractivity contribution in [2.45, 2.75) is 19.0 Å². The van der Waals surface area contributed by atoms with Crippen molar-refractivity contribution in [3.63, 3.8) is 0 Å². The van der Waals surface area contributed by atoms with Crippen LogP contribution in [0.5, 0.6) is 0 Å². The summed E-state index contributed by atoms with van der Waals surface area (Å²) in [6.45, 7) is 1.54. The van der Waals surface area contributed by atoms with Crippen molar-refractivity contribution in [1.82, 2.24) is 0 Å². The maximum atomic E-state index is 11.8. The zero-order valence-corrected chi connectivity index (χ0v) is 13.2. The van der Waals surface area contributed by atoms with Crippen molar-refractivity contribution >= 4 is 38.2 Å². The van der Waals surface area contributed by atoms with Crippen molar-refractivity contribution in [3.05, 3.63) is 30.3 Å². The molecule has 0 aliphatic carbocycles. The van der Waals surface area contributed by atoms with Crippen LogP contribution in [-0.2, 0) is 14.6 Å². The second kappa shape index (κ2) is 5.46. The number of hydrogen-bond donors (Lipinski definition) is 0. The minimum absolute atomic E-state index is 0.0837. The Balaban J connectivity index is 1.92. The summed E-state index contributed by atoms with van der Waals surface area (Å²) >= 11 is 1.38. The third-order valence-corrected chi connectivity index (χ3v) is 6.36. The molecule has 1 aromatic rings. The first kappa shape index (κ1) is 14.6. The topological polar surface area (TPSA) is 66.8 Å². The fraction of sp³-hybridized carbons (Fsp3) is 0.429. The second-order valence-corrected chi connectivity index (χ2v) is 8.42. The first-order chi connectivity index (χ1) is 9.96. The quantitative estimate of drug-likeness (QED) is 0.839. The lowest BCUT2D eigenvalue weighted by molar-refractivity contribution is -0.114. The van der Waals surface area contributed by atoms with Crippen molar-refractivity contribution in [2.24, 2.45) is 4.99 Å². The number of hydrogen-bond acceptors (Lipinski definition) is 6. The van der Waals surface area contributed by atoms with E-state index in [9.17, 15) is 13.2 Å². The van der Waals surface area contributed by atoms with E-state index < -0.39 is 9.84 Å². The highest BCUT2D eigenvalue weighted by molar-refractivity contribution is 8.14. The van der Waals surface area contributed by atoms with E-state index in [2.05, 4.69) is 4.99 Å². The lowest BCUT2D eigenvalue weighted by atomic mass is 10.1. The molecular formula is C14H16N2O3S2. The van der Waals surface area contributed by atoms with Gasteiger partial charge in [-0.05, 0) is 19.1 Å². The number of benzene rings is 1. The van der Waals surface area contributed by atoms with Crippen LogP contribution in [0.15, 0.2) is 35.3 Å². The first-order valence-corrected chi connectivity index (χ1v) is 9.52. The van der Waals surface area contributed by atoms with E-state index in [1.54, 1.807) is 6.92 Å². The molecule has 1 aromatic carbocycles. The van der Waals surface area contributed by atoms with Crippen LogP contribution in [0.2, 0.25) is 0 Å². The standard InChI is InChI=1S/C14H16N2O3S2/c1-10(17)7-20-14-15-12-8-21(18,19)9-13(12)16(14)11-5-3-2-4-6-11/h2-6,12-13H,7-9H2,1H3/t12-,13-/m0/s1. The third kappa shape index (κ3) is 2.98. The van der Waals surface area contributed by atoms with Gasteiger partial charge >= 0.3 is 0 Å². The number of sulfone groups is 1. The van der Waals surface area contributed by atoms with Gasteiger partial charge in [0.25, 0.3) is 0 Å². The van der Waals surface area contributed by atoms with Crippen LogP contribution in [0.4, 0.5) is 5.69 Å². The van der Waals surface area contributed by atoms with Crippen LogP contribution in [0.3, 0.4) is 0 Å². The van der Waals surface area contributed by atoms with E-state index in [1.807, 2.05) is 35.2 Å². The number of nitrogens with zero attached hydrogens (tertiary/aromatic N) is 2. The zero-order valence-electron chi connectivity index (χ0n) is 11.6. The molecule has 0 unspecified atom stereocenters. The molecule has 0 spiro atoms. The second-order valence-electron chi connectivity index (χ2n) is 5.32. The Morgan fingerprint density at radius 3 is 2.71 bits per heavy atom. The predicted octanol–water partition coefficient (Wildman–Crippen LogP) is 1.35. The van der Waals surface area contributed by atoms with Crippen LogP contribution in [0.25, 0.3) is 0 Å². The number of aliphatic imine (C=N–C) groups is 1. The molecule has 7 heteroatoms. The minimum Gasteiger partial charge on any atom is -0.315 e. The Morgan fingerprint density at radius 1 is 1.33 bits per heavy atom. The number of rotatable bonds is 3. The monoisotopic (exact) mass is 324 g/mol. The normalized spacial score (nSPS) is 26.5. The summed E-state index contributed by atoms with van der Waals surface area (Å²) in [7, 11) is -3.03. The average Bonchev–Trinajstić information content (AvgIpc) is 2.88. The van der Waals surface area contributed by atoms with Gasteiger partial charge in [-0.15, -0.1) is 0 Å². The van der Waals surface area contributed by atoms with Gasteiger partial charge in [0.05, 0.1) is 29.3 Å². The van der Waals surface area contributed by atoms with Gasteiger partial charge in [-0.2, -0.15) is 0 Å². The predicted molar refractivity (Wildman–Crippen MR) is 85.7 cm³/mol. The van der Waals surface area contributed by atoms with Crippen LogP contribution < -0.4 is 4.90 Å². The Kier molecular flexibility index (Phi) is 3.79. The summed E-state index contributed by atoms with van der Waals surface area (Å²) < 4.78 is 23.7. The van der Waals surface area contributed by atoms with Gasteiger partial charge in [-0.1, -0.05) is 30.0 Å². The number of fused-ring (bicyclic) bond motifs is 1. The summed E-state index contributed by atoms with van der Waals surface area (Å²) in [5.74, 6) is 0.667. The summed E-state index contributed by atoms with van der Waals surface area (Å²) in [5, 5.41) is 0.751. The van der Waals surface area contributed by atoms with E-state index in [0.717, 1.165) is 10.9 Å². The van der Waals surface area contributed by atoms with Crippen molar-refractivity contribution in [2.75, 3.05) is 22.2 Å². The highest BCUT2D eigenvalue weighted by atomic mass is 32.2. The van der Waals surface area contributed by atoms with Gasteiger partial charge in [0.2, 0.25) is 0 Å². The number of amidine groups is 1. The van der Waals surface area contributed by atoms with Gasteiger partial charge in [-0.25, -0.2) is 8.42 Å². The van der Waals surface area contributed by atoms with Crippen molar-refractivity contribution in [1.29, 1.82) is 0 Å². The molecular weight excluding hydrogens is 308 g/mol. The number of carbonyl (C=O) groups excluding carboxylic acids is 1. The summed E-state index contributed by atoms with van der Waals surface area (Å²) in [6, 6.07) is 9.27. The van der Waals surface area contributed by atoms with E-state index in [0.29, 0.717) is 5.75 Å². The summed E-state index contributed by atoms with van der Waals surface area (Å²) in [6.07, 6.45) is 0. The van der Waals surface area contributed by atoms with Gasteiger partial charge in [-0.3, -0.25) is 9.79 Å². The number of ketones is 1. The Morgan fingerprint density at radius 2 is 2.05 bits per heavy atom. The highest BCUT2D eigenvalue weighted by Crippen LogP contribution is 2.34. The fourth-order valence-corrected chi connectivity index (χ4v) is 5.46. The highest BCUT2D eigenvalue weighted by Gasteiger charge is 2.47. The molecule has 2 aliphatic heterocycles. The molecule has 0 N–H and O–H groups in total. The number of anilines is 1. The van der Waals surface area contributed by atoms with Gasteiger partial charge < -0.3 is 4.90 Å². The summed E-state index contributed by atoms with van der Waals surface area (Å²) in [5.41, 5.74) is 0.928. The summed E-state index contributed by atoms with van der Waals surface area (Å²) in [4.78, 5) is 17.7. The molecule has 21 heavy (non-hydrogen) atoms. The smallest absolute Gasteiger partial charge is 0.164 e. The van der Waals surface area contributed by atoms with Crippen LogP contribution in [0, 0.1) is 0 Å². The lowest BCUT2D eigenvalue weighted by Crippen LogP contribution is -2.39. The Hall–Kier alpha value is -1.34. The lowest BCUT2D eigenvalue weighted by Gasteiger charge is -2.26. The molecule has 5 nitrogen and oxygen atoms in total. The van der Waals surface area contributed by atoms with Crippen LogP contribution >= 0.6 is 11.8 Å². The average molecular weight is 324 g/mol. The molecule has 0 amide bonds. The Labute approximate surface area is 128 Å². The fourth-order valence-electron chi connectivity index (χ4n) is 2.69. The molecule has 0 bridgehead atoms. The van der Waals surface area contributed by atoms with Crippen molar-refractivity contribution in [3.8, 4) is 0 Å². The van der Waals surface area contributed by atoms with Gasteiger partial charge in [0, 0.05) is 5.69 Å². The molecule has 2 atom stereocenters. The maximum absolute atomic E-state index is 11.8. The number of Topliss-reactive ketones (excluding diaryl/α,β-unsaturated/α-hetero) is 1. The largest absolute Gasteiger partial charge is 0.315 e. The number of para-hydroxylation sites is 1. The van der Waals surface area contributed by atoms with E-state index in [4.69, 9.17) is 0 Å². The molecule has 1 saturated heterocycles. The van der Waals surface area contributed by atoms with Crippen molar-refractivity contribution < 1.29 is 13.2 Å². The van der Waals surface area contributed by atoms with E-state index in [1.165, 1.54) is 11.8 Å². The molecule has 1 fully saturated rings. The van der Waals surface area contributed by atoms with Gasteiger partial charge in [0.1, 0.15) is 5.78 Å². The number of carbonyl (C=O) groups is 1. The van der Waals surface area contributed by atoms with E-state index >= 15 is 0 Å². The maximum Gasteiger partial charge on any atom is 0.164 e. The molecule has 112 valence electrons. The van der Waals surface area contributed by atoms with Gasteiger partial charge in [0.15, 0.2) is 15.0 Å². The van der Waals surface area contributed by atoms with E-state index in [-0.39, 0.29) is 29.4 Å². The molecule has 2 aliphatic rings. The molecule has 3 rings (SSSR count). The minimum atomic E-state index is -3.03. The van der Waals surface area contributed by atoms with Crippen LogP contribution in [0.1, 0.15) is 6.92 Å². The molecule has 0 radical (unpaired) electrons. The molecule has 0 aromatic heterocycles. The molecule has 2 heterocycles. The zero-order chi connectivity index (χ0) is 15.0.